The van der Waals surface area contributed by atoms with Crippen LogP contribution in [0, 0.1) is 0 Å². The van der Waals surface area contributed by atoms with Crippen molar-refractivity contribution in [2.24, 2.45) is 19.8 Å². The lowest BCUT2D eigenvalue weighted by Gasteiger charge is -2.34. The number of hydrogen-bond acceptors (Lipinski definition) is 7. The Hall–Kier alpha value is -2.50. The number of nitrogens with two attached hydrogens (primary N) is 1. The second kappa shape index (κ2) is 7.15. The highest BCUT2D eigenvalue weighted by molar-refractivity contribution is 5.76. The zero-order valence-corrected chi connectivity index (χ0v) is 16.2. The number of carbonyl (C=O) groups excluding carboxylic acids is 1. The van der Waals surface area contributed by atoms with Crippen LogP contribution in [0.15, 0.2) is 15.9 Å². The zero-order chi connectivity index (χ0) is 20.8. The van der Waals surface area contributed by atoms with Crippen LogP contribution in [0.5, 0.6) is 0 Å². The summed E-state index contributed by atoms with van der Waals surface area (Å²) in [5.74, 6) is -0.242. The molecule has 1 saturated heterocycles. The van der Waals surface area contributed by atoms with Gasteiger partial charge < -0.3 is 25.4 Å². The maximum atomic E-state index is 12.8. The van der Waals surface area contributed by atoms with E-state index in [1.165, 1.54) is 34.5 Å². The van der Waals surface area contributed by atoms with Crippen molar-refractivity contribution in [1.82, 2.24) is 23.6 Å². The van der Waals surface area contributed by atoms with Crippen molar-refractivity contribution >= 4 is 17.1 Å². The lowest BCUT2D eigenvalue weighted by atomic mass is 9.91. The number of aryl methyl sites for hydroxylation is 1. The minimum Gasteiger partial charge on any atom is -0.391 e. The van der Waals surface area contributed by atoms with E-state index in [4.69, 9.17) is 5.73 Å². The lowest BCUT2D eigenvalue weighted by molar-refractivity contribution is -0.132. The predicted molar refractivity (Wildman–Crippen MR) is 101 cm³/mol. The molecule has 0 aromatic carbocycles. The number of β-amino-alcohol motifs (C(OH)–C–C–N with tert-alkyl or cyclic N) is 1. The highest BCUT2D eigenvalue weighted by atomic mass is 16.3. The van der Waals surface area contributed by atoms with Gasteiger partial charge in [-0.1, -0.05) is 0 Å². The second-order valence-electron chi connectivity index (χ2n) is 7.60. The molecule has 1 aliphatic heterocycles. The summed E-state index contributed by atoms with van der Waals surface area (Å²) in [5, 5.41) is 21.4. The lowest BCUT2D eigenvalue weighted by Crippen LogP contribution is -2.44. The molecule has 4 N–H and O–H groups in total. The summed E-state index contributed by atoms with van der Waals surface area (Å²) in [6.07, 6.45) is 0.579. The summed E-state index contributed by atoms with van der Waals surface area (Å²) < 4.78 is 3.72. The average molecular weight is 394 g/mol. The minimum absolute atomic E-state index is 0.00975. The largest absolute Gasteiger partial charge is 0.391 e. The van der Waals surface area contributed by atoms with Crippen molar-refractivity contribution in [1.29, 1.82) is 0 Å². The van der Waals surface area contributed by atoms with Crippen LogP contribution in [0.2, 0.25) is 0 Å². The Kier molecular flexibility index (Phi) is 5.17. The maximum Gasteiger partial charge on any atom is 0.332 e. The first kappa shape index (κ1) is 20.2. The van der Waals surface area contributed by atoms with E-state index >= 15 is 0 Å². The fourth-order valence-corrected chi connectivity index (χ4v) is 3.89. The molecule has 3 atom stereocenters. The van der Waals surface area contributed by atoms with Gasteiger partial charge in [0.05, 0.1) is 24.1 Å². The first-order chi connectivity index (χ1) is 13.1. The van der Waals surface area contributed by atoms with Gasteiger partial charge in [-0.25, -0.2) is 9.78 Å². The molecule has 154 valence electrons. The Labute approximate surface area is 160 Å². The van der Waals surface area contributed by atoms with E-state index in [1.54, 1.807) is 6.92 Å². The van der Waals surface area contributed by atoms with Gasteiger partial charge in [0.1, 0.15) is 0 Å². The smallest absolute Gasteiger partial charge is 0.332 e. The summed E-state index contributed by atoms with van der Waals surface area (Å²) in [5.41, 5.74) is 3.34. The molecule has 2 aromatic rings. The standard InChI is InChI=1S/C17H26N6O5/c1-17(28)6-10(24)7-22(12(25)4-5-18)8-11(17)23-9-19-14-13(23)15(26)21(3)16(27)20(14)2/h9-11,24,28H,4-8,18H2,1-3H3/t10-,11+,17+/m1/s1. The fourth-order valence-electron chi connectivity index (χ4n) is 3.89. The summed E-state index contributed by atoms with van der Waals surface area (Å²) in [4.78, 5) is 43.0. The highest BCUT2D eigenvalue weighted by Crippen LogP contribution is 2.33. The van der Waals surface area contributed by atoms with Crippen LogP contribution in [-0.2, 0) is 18.9 Å². The summed E-state index contributed by atoms with van der Waals surface area (Å²) in [6.45, 7) is 1.86. The number of rotatable bonds is 3. The van der Waals surface area contributed by atoms with Crippen LogP contribution in [0.3, 0.4) is 0 Å². The van der Waals surface area contributed by atoms with E-state index in [2.05, 4.69) is 4.98 Å². The Morgan fingerprint density at radius 1 is 1.32 bits per heavy atom. The zero-order valence-electron chi connectivity index (χ0n) is 16.2. The first-order valence-electron chi connectivity index (χ1n) is 9.09. The van der Waals surface area contributed by atoms with Gasteiger partial charge in [-0.2, -0.15) is 0 Å². The number of carbonyl (C=O) groups is 1. The fraction of sp³-hybridized carbons (Fsp3) is 0.647. The molecule has 1 amide bonds. The Balaban J connectivity index is 2.18. The Morgan fingerprint density at radius 2 is 2.00 bits per heavy atom. The van der Waals surface area contributed by atoms with Gasteiger partial charge in [0.2, 0.25) is 5.91 Å². The van der Waals surface area contributed by atoms with E-state index in [1.807, 2.05) is 0 Å². The minimum atomic E-state index is -1.43. The van der Waals surface area contributed by atoms with Gasteiger partial charge in [-0.05, 0) is 6.92 Å². The molecule has 3 rings (SSSR count). The molecule has 28 heavy (non-hydrogen) atoms. The molecular formula is C17H26N6O5. The van der Waals surface area contributed by atoms with Crippen LogP contribution in [-0.4, -0.2) is 71.0 Å². The third-order valence-corrected chi connectivity index (χ3v) is 5.41. The van der Waals surface area contributed by atoms with Crippen molar-refractivity contribution in [2.75, 3.05) is 19.6 Å². The molecule has 11 nitrogen and oxygen atoms in total. The van der Waals surface area contributed by atoms with Crippen LogP contribution in [0.1, 0.15) is 25.8 Å². The van der Waals surface area contributed by atoms with Gasteiger partial charge >= 0.3 is 5.69 Å². The number of imidazole rings is 1. The van der Waals surface area contributed by atoms with Crippen molar-refractivity contribution < 1.29 is 15.0 Å². The molecule has 3 heterocycles. The number of likely N-dealkylation sites (tertiary alicyclic amines) is 1. The summed E-state index contributed by atoms with van der Waals surface area (Å²) in [7, 11) is 2.88. The summed E-state index contributed by atoms with van der Waals surface area (Å²) >= 11 is 0. The first-order valence-corrected chi connectivity index (χ1v) is 9.09. The molecule has 1 aliphatic rings. The highest BCUT2D eigenvalue weighted by Gasteiger charge is 2.42. The molecule has 2 aromatic heterocycles. The van der Waals surface area contributed by atoms with Crippen LogP contribution < -0.4 is 17.0 Å². The molecule has 0 unspecified atom stereocenters. The Morgan fingerprint density at radius 3 is 2.64 bits per heavy atom. The third kappa shape index (κ3) is 3.25. The SMILES string of the molecule is Cn1c(=O)c2c(ncn2[C@H]2CN(C(=O)CCN)C[C@H](O)C[C@]2(C)O)n(C)c1=O. The van der Waals surface area contributed by atoms with Crippen molar-refractivity contribution in [3.05, 3.63) is 27.2 Å². The molecular weight excluding hydrogens is 368 g/mol. The van der Waals surface area contributed by atoms with Crippen molar-refractivity contribution in [2.45, 2.75) is 37.5 Å². The number of fused-ring (bicyclic) bond motifs is 1. The topological polar surface area (TPSA) is 149 Å². The normalized spacial score (nSPS) is 25.9. The van der Waals surface area contributed by atoms with Gasteiger partial charge in [0.15, 0.2) is 11.2 Å². The third-order valence-electron chi connectivity index (χ3n) is 5.41. The molecule has 0 radical (unpaired) electrons. The van der Waals surface area contributed by atoms with Crippen LogP contribution in [0.4, 0.5) is 0 Å². The maximum absolute atomic E-state index is 12.8. The van der Waals surface area contributed by atoms with Gasteiger partial charge in [-0.3, -0.25) is 18.7 Å². The molecule has 11 heteroatoms. The van der Waals surface area contributed by atoms with Gasteiger partial charge in [0, 0.05) is 46.6 Å². The van der Waals surface area contributed by atoms with Crippen LogP contribution >= 0.6 is 0 Å². The summed E-state index contributed by atoms with van der Waals surface area (Å²) in [6, 6.07) is -0.749. The predicted octanol–water partition coefficient (Wildman–Crippen LogP) is -2.33. The van der Waals surface area contributed by atoms with E-state index in [0.717, 1.165) is 4.57 Å². The van der Waals surface area contributed by atoms with E-state index in [0.29, 0.717) is 0 Å². The number of nitrogens with zero attached hydrogens (tertiary/aromatic N) is 5. The molecule has 1 fully saturated rings. The Bertz CT molecular complexity index is 1020. The number of amides is 1. The van der Waals surface area contributed by atoms with E-state index in [-0.39, 0.29) is 49.5 Å². The monoisotopic (exact) mass is 394 g/mol. The second-order valence-corrected chi connectivity index (χ2v) is 7.60. The van der Waals surface area contributed by atoms with E-state index < -0.39 is 29.0 Å². The quantitative estimate of drug-likeness (QED) is 0.528. The van der Waals surface area contributed by atoms with Gasteiger partial charge in [-0.15, -0.1) is 0 Å². The van der Waals surface area contributed by atoms with Crippen molar-refractivity contribution in [3.63, 3.8) is 0 Å². The van der Waals surface area contributed by atoms with Crippen LogP contribution in [0.25, 0.3) is 11.2 Å². The molecule has 0 saturated carbocycles. The molecule has 0 spiro atoms. The number of aromatic nitrogens is 4. The number of aliphatic hydroxyl groups is 2. The average Bonchev–Trinajstić information content (AvgIpc) is 3.00. The molecule has 0 bridgehead atoms. The van der Waals surface area contributed by atoms with E-state index in [9.17, 15) is 24.6 Å². The number of aliphatic hydroxyl groups excluding tert-OH is 1. The van der Waals surface area contributed by atoms with Gasteiger partial charge in [0.25, 0.3) is 5.56 Å². The molecule has 0 aliphatic carbocycles. The number of hydrogen-bond donors (Lipinski definition) is 3. The van der Waals surface area contributed by atoms with Crippen molar-refractivity contribution in [3.8, 4) is 0 Å².